The SMILES string of the molecule is CC(C)[C@H](N)C(=O)NCC(=O)NCC(O)c1cc(Cl)c2c(c1)OCCO2.Cl. The minimum absolute atomic E-state index is 0. The van der Waals surface area contributed by atoms with Gasteiger partial charge in [-0.2, -0.15) is 0 Å². The van der Waals surface area contributed by atoms with E-state index in [1.807, 2.05) is 13.8 Å². The van der Waals surface area contributed by atoms with Crippen LogP contribution in [0.15, 0.2) is 12.1 Å². The fourth-order valence-corrected chi connectivity index (χ4v) is 2.58. The van der Waals surface area contributed by atoms with Crippen molar-refractivity contribution in [1.82, 2.24) is 10.6 Å². The molecule has 0 saturated carbocycles. The molecule has 2 amide bonds. The van der Waals surface area contributed by atoms with E-state index in [2.05, 4.69) is 10.6 Å². The number of rotatable bonds is 7. The standard InChI is InChI=1S/C17H24ClN3O5.ClH/c1-9(2)15(19)17(24)21-8-14(23)20-7-12(22)10-5-11(18)16-13(6-10)25-3-4-26-16;/h5-6,9,12,15,22H,3-4,7-8,19H2,1-2H3,(H,20,23)(H,21,24);1H/t12?,15-;/m0./s1. The second kappa shape index (κ2) is 10.6. The number of fused-ring (bicyclic) bond motifs is 1. The number of aliphatic hydroxyl groups excluding tert-OH is 1. The van der Waals surface area contributed by atoms with E-state index in [0.29, 0.717) is 35.3 Å². The number of hydrogen-bond donors (Lipinski definition) is 4. The van der Waals surface area contributed by atoms with E-state index >= 15 is 0 Å². The van der Waals surface area contributed by atoms with E-state index in [9.17, 15) is 14.7 Å². The number of amides is 2. The van der Waals surface area contributed by atoms with E-state index in [1.54, 1.807) is 12.1 Å². The van der Waals surface area contributed by atoms with Gasteiger partial charge in [0.25, 0.3) is 0 Å². The third-order valence-corrected chi connectivity index (χ3v) is 4.22. The van der Waals surface area contributed by atoms with Gasteiger partial charge in [-0.1, -0.05) is 25.4 Å². The zero-order chi connectivity index (χ0) is 19.3. The van der Waals surface area contributed by atoms with Crippen molar-refractivity contribution in [2.24, 2.45) is 11.7 Å². The predicted octanol–water partition coefficient (Wildman–Crippen LogP) is 0.782. The number of ether oxygens (including phenoxy) is 2. The lowest BCUT2D eigenvalue weighted by molar-refractivity contribution is -0.127. The lowest BCUT2D eigenvalue weighted by atomic mass is 10.1. The summed E-state index contributed by atoms with van der Waals surface area (Å²) in [6.45, 7) is 4.20. The first-order valence-electron chi connectivity index (χ1n) is 8.36. The Morgan fingerprint density at radius 3 is 2.59 bits per heavy atom. The van der Waals surface area contributed by atoms with Gasteiger partial charge in [-0.3, -0.25) is 9.59 Å². The van der Waals surface area contributed by atoms with Crippen molar-refractivity contribution in [3.8, 4) is 11.5 Å². The maximum absolute atomic E-state index is 11.8. The molecule has 2 atom stereocenters. The normalized spacial score (nSPS) is 14.7. The first-order valence-corrected chi connectivity index (χ1v) is 8.74. The Bertz CT molecular complexity index is 672. The van der Waals surface area contributed by atoms with Gasteiger partial charge in [-0.25, -0.2) is 0 Å². The van der Waals surface area contributed by atoms with E-state index in [0.717, 1.165) is 0 Å². The third kappa shape index (κ3) is 6.42. The van der Waals surface area contributed by atoms with Crippen LogP contribution in [-0.2, 0) is 9.59 Å². The van der Waals surface area contributed by atoms with Crippen molar-refractivity contribution >= 4 is 35.8 Å². The fourth-order valence-electron chi connectivity index (χ4n) is 2.30. The fraction of sp³-hybridized carbons (Fsp3) is 0.529. The van der Waals surface area contributed by atoms with Gasteiger partial charge in [-0.15, -0.1) is 12.4 Å². The Hall–Kier alpha value is -1.74. The van der Waals surface area contributed by atoms with Crippen LogP contribution in [-0.4, -0.2) is 49.3 Å². The first-order chi connectivity index (χ1) is 12.3. The molecule has 1 aliphatic rings. The summed E-state index contributed by atoms with van der Waals surface area (Å²) in [5.74, 6) is 0.0484. The molecule has 5 N–H and O–H groups in total. The summed E-state index contributed by atoms with van der Waals surface area (Å²) >= 11 is 6.13. The molecule has 1 heterocycles. The van der Waals surface area contributed by atoms with Crippen LogP contribution in [0.3, 0.4) is 0 Å². The lowest BCUT2D eigenvalue weighted by Crippen LogP contribution is -2.47. The lowest BCUT2D eigenvalue weighted by Gasteiger charge is -2.21. The highest BCUT2D eigenvalue weighted by Crippen LogP contribution is 2.39. The Morgan fingerprint density at radius 2 is 1.93 bits per heavy atom. The molecule has 0 fully saturated rings. The van der Waals surface area contributed by atoms with Crippen LogP contribution in [0, 0.1) is 5.92 Å². The molecule has 1 aromatic rings. The summed E-state index contributed by atoms with van der Waals surface area (Å²) in [4.78, 5) is 23.5. The van der Waals surface area contributed by atoms with Crippen LogP contribution >= 0.6 is 24.0 Å². The van der Waals surface area contributed by atoms with Gasteiger partial charge in [-0.05, 0) is 23.6 Å². The molecule has 2 rings (SSSR count). The Labute approximate surface area is 169 Å². The number of nitrogens with one attached hydrogen (secondary N) is 2. The van der Waals surface area contributed by atoms with E-state index in [4.69, 9.17) is 26.8 Å². The van der Waals surface area contributed by atoms with E-state index in [1.165, 1.54) is 0 Å². The molecular weight excluding hydrogens is 397 g/mol. The van der Waals surface area contributed by atoms with Crippen LogP contribution in [0.1, 0.15) is 25.5 Å². The van der Waals surface area contributed by atoms with Gasteiger partial charge in [0.2, 0.25) is 11.8 Å². The molecule has 0 aliphatic carbocycles. The zero-order valence-corrected chi connectivity index (χ0v) is 16.7. The van der Waals surface area contributed by atoms with Crippen LogP contribution < -0.4 is 25.8 Å². The second-order valence-electron chi connectivity index (χ2n) is 6.33. The van der Waals surface area contributed by atoms with Crippen molar-refractivity contribution in [1.29, 1.82) is 0 Å². The number of carbonyl (C=O) groups is 2. The van der Waals surface area contributed by atoms with Gasteiger partial charge in [0.1, 0.15) is 13.2 Å². The van der Waals surface area contributed by atoms with E-state index in [-0.39, 0.29) is 31.4 Å². The summed E-state index contributed by atoms with van der Waals surface area (Å²) in [6, 6.07) is 2.52. The second-order valence-corrected chi connectivity index (χ2v) is 6.74. The summed E-state index contributed by atoms with van der Waals surface area (Å²) in [6.07, 6.45) is -0.985. The average molecular weight is 422 g/mol. The van der Waals surface area contributed by atoms with Crippen molar-refractivity contribution < 1.29 is 24.2 Å². The average Bonchev–Trinajstić information content (AvgIpc) is 2.63. The van der Waals surface area contributed by atoms with Crippen molar-refractivity contribution in [2.75, 3.05) is 26.3 Å². The molecule has 0 aromatic heterocycles. The Kier molecular flexibility index (Phi) is 9.11. The zero-order valence-electron chi connectivity index (χ0n) is 15.2. The minimum Gasteiger partial charge on any atom is -0.486 e. The highest BCUT2D eigenvalue weighted by Gasteiger charge is 2.21. The molecular formula is C17H25Cl2N3O5. The topological polar surface area (TPSA) is 123 Å². The van der Waals surface area contributed by atoms with Gasteiger partial charge in [0.15, 0.2) is 11.5 Å². The number of hydrogen-bond acceptors (Lipinski definition) is 6. The number of aliphatic hydroxyl groups is 1. The summed E-state index contributed by atoms with van der Waals surface area (Å²) in [5, 5.41) is 15.6. The van der Waals surface area contributed by atoms with Gasteiger partial charge < -0.3 is 30.9 Å². The van der Waals surface area contributed by atoms with Gasteiger partial charge >= 0.3 is 0 Å². The van der Waals surface area contributed by atoms with Gasteiger partial charge in [0.05, 0.1) is 23.7 Å². The number of benzene rings is 1. The highest BCUT2D eigenvalue weighted by molar-refractivity contribution is 6.32. The van der Waals surface area contributed by atoms with Gasteiger partial charge in [0, 0.05) is 6.54 Å². The molecule has 0 radical (unpaired) electrons. The quantitative estimate of drug-likeness (QED) is 0.515. The highest BCUT2D eigenvalue weighted by atomic mass is 35.5. The monoisotopic (exact) mass is 421 g/mol. The maximum atomic E-state index is 11.8. The Morgan fingerprint density at radius 1 is 1.26 bits per heavy atom. The van der Waals surface area contributed by atoms with Crippen LogP contribution in [0.25, 0.3) is 0 Å². The molecule has 27 heavy (non-hydrogen) atoms. The predicted molar refractivity (Wildman–Crippen MR) is 103 cm³/mol. The summed E-state index contributed by atoms with van der Waals surface area (Å²) < 4.78 is 10.9. The number of halogens is 2. The van der Waals surface area contributed by atoms with Crippen molar-refractivity contribution in [2.45, 2.75) is 26.0 Å². The molecule has 0 bridgehead atoms. The van der Waals surface area contributed by atoms with Crippen molar-refractivity contribution in [3.05, 3.63) is 22.7 Å². The molecule has 1 aliphatic heterocycles. The van der Waals surface area contributed by atoms with Crippen LogP contribution in [0.4, 0.5) is 0 Å². The molecule has 0 spiro atoms. The molecule has 1 aromatic carbocycles. The molecule has 8 nitrogen and oxygen atoms in total. The van der Waals surface area contributed by atoms with E-state index < -0.39 is 24.0 Å². The van der Waals surface area contributed by atoms with Crippen molar-refractivity contribution in [3.63, 3.8) is 0 Å². The number of nitrogens with two attached hydrogens (primary N) is 1. The minimum atomic E-state index is -0.985. The van der Waals surface area contributed by atoms with Crippen LogP contribution in [0.2, 0.25) is 5.02 Å². The molecule has 10 heteroatoms. The summed E-state index contributed by atoms with van der Waals surface area (Å²) in [7, 11) is 0. The first kappa shape index (κ1) is 23.3. The molecule has 0 saturated heterocycles. The number of carbonyl (C=O) groups excluding carboxylic acids is 2. The maximum Gasteiger partial charge on any atom is 0.239 e. The smallest absolute Gasteiger partial charge is 0.239 e. The largest absolute Gasteiger partial charge is 0.486 e. The van der Waals surface area contributed by atoms with Crippen LogP contribution in [0.5, 0.6) is 11.5 Å². The summed E-state index contributed by atoms with van der Waals surface area (Å²) in [5.41, 5.74) is 6.19. The molecule has 1 unspecified atom stereocenters. The molecule has 152 valence electrons. The third-order valence-electron chi connectivity index (χ3n) is 3.94. The Balaban J connectivity index is 0.00000364.